The summed E-state index contributed by atoms with van der Waals surface area (Å²) in [7, 11) is 0. The third-order valence-electron chi connectivity index (χ3n) is 3.27. The van der Waals surface area contributed by atoms with E-state index in [1.807, 2.05) is 19.9 Å². The van der Waals surface area contributed by atoms with E-state index in [0.29, 0.717) is 30.1 Å². The summed E-state index contributed by atoms with van der Waals surface area (Å²) in [5, 5.41) is 0.585. The molecule has 1 saturated heterocycles. The van der Waals surface area contributed by atoms with E-state index in [1.54, 1.807) is 18.2 Å². The first kappa shape index (κ1) is 13.8. The van der Waals surface area contributed by atoms with Gasteiger partial charge >= 0.3 is 0 Å². The first-order valence-electron chi connectivity index (χ1n) is 6.25. The molecule has 1 fully saturated rings. The summed E-state index contributed by atoms with van der Waals surface area (Å²) >= 11 is 5.93. The maximum Gasteiger partial charge on any atom is 0.149 e. The van der Waals surface area contributed by atoms with E-state index in [4.69, 9.17) is 17.3 Å². The first-order chi connectivity index (χ1) is 8.28. The Morgan fingerprint density at radius 2 is 2.22 bits per heavy atom. The predicted octanol–water partition coefficient (Wildman–Crippen LogP) is 2.95. The molecule has 2 N–H and O–H groups in total. The van der Waals surface area contributed by atoms with Crippen LogP contribution in [0.4, 0.5) is 4.39 Å². The van der Waals surface area contributed by atoms with Crippen molar-refractivity contribution in [2.75, 3.05) is 19.6 Å². The minimum absolute atomic E-state index is 0.292. The van der Waals surface area contributed by atoms with E-state index in [0.717, 1.165) is 6.54 Å². The Balaban J connectivity index is 2.11. The van der Waals surface area contributed by atoms with Gasteiger partial charge in [0.25, 0.3) is 0 Å². The van der Waals surface area contributed by atoms with Crippen molar-refractivity contribution in [3.8, 4) is 0 Å². The Morgan fingerprint density at radius 1 is 1.50 bits per heavy atom. The van der Waals surface area contributed by atoms with Crippen LogP contribution in [0.2, 0.25) is 5.02 Å². The van der Waals surface area contributed by atoms with Gasteiger partial charge in [-0.05, 0) is 38.0 Å². The van der Waals surface area contributed by atoms with Crippen LogP contribution in [-0.2, 0) is 5.67 Å². The van der Waals surface area contributed by atoms with Crippen LogP contribution in [0, 0.1) is 0 Å². The van der Waals surface area contributed by atoms with Crippen LogP contribution in [0.25, 0.3) is 0 Å². The second kappa shape index (κ2) is 4.80. The second-order valence-corrected chi connectivity index (χ2v) is 6.36. The normalized spacial score (nSPS) is 25.6. The van der Waals surface area contributed by atoms with E-state index < -0.39 is 5.67 Å². The summed E-state index contributed by atoms with van der Waals surface area (Å²) in [6.45, 7) is 5.77. The van der Waals surface area contributed by atoms with Gasteiger partial charge in [0.1, 0.15) is 5.67 Å². The van der Waals surface area contributed by atoms with Crippen molar-refractivity contribution in [3.05, 3.63) is 34.9 Å². The molecule has 1 atom stereocenters. The van der Waals surface area contributed by atoms with Gasteiger partial charge in [0.15, 0.2) is 0 Å². The van der Waals surface area contributed by atoms with Crippen LogP contribution in [0.3, 0.4) is 0 Å². The number of likely N-dealkylation sites (tertiary alicyclic amines) is 1. The minimum atomic E-state index is -1.30. The monoisotopic (exact) mass is 270 g/mol. The Kier molecular flexibility index (Phi) is 3.67. The van der Waals surface area contributed by atoms with E-state index in [-0.39, 0.29) is 5.54 Å². The largest absolute Gasteiger partial charge is 0.324 e. The molecule has 4 heteroatoms. The smallest absolute Gasteiger partial charge is 0.149 e. The summed E-state index contributed by atoms with van der Waals surface area (Å²) < 4.78 is 14.9. The van der Waals surface area contributed by atoms with E-state index in [9.17, 15) is 4.39 Å². The molecule has 100 valence electrons. The molecule has 1 unspecified atom stereocenters. The van der Waals surface area contributed by atoms with Crippen molar-refractivity contribution < 1.29 is 4.39 Å². The number of alkyl halides is 1. The molecule has 18 heavy (non-hydrogen) atoms. The highest BCUT2D eigenvalue weighted by molar-refractivity contribution is 6.30. The van der Waals surface area contributed by atoms with Crippen molar-refractivity contribution in [3.63, 3.8) is 0 Å². The van der Waals surface area contributed by atoms with Crippen LogP contribution < -0.4 is 5.73 Å². The summed E-state index contributed by atoms with van der Waals surface area (Å²) in [5.41, 5.74) is 5.07. The average molecular weight is 271 g/mol. The van der Waals surface area contributed by atoms with Crippen LogP contribution >= 0.6 is 11.6 Å². The number of nitrogens with two attached hydrogens (primary N) is 1. The minimum Gasteiger partial charge on any atom is -0.324 e. The van der Waals surface area contributed by atoms with Crippen molar-refractivity contribution in [2.24, 2.45) is 5.73 Å². The van der Waals surface area contributed by atoms with E-state index in [1.165, 1.54) is 0 Å². The number of halogens is 2. The maximum absolute atomic E-state index is 14.9. The zero-order valence-corrected chi connectivity index (χ0v) is 11.7. The molecule has 1 aliphatic rings. The molecule has 1 aromatic carbocycles. The second-order valence-electron chi connectivity index (χ2n) is 5.92. The van der Waals surface area contributed by atoms with Crippen molar-refractivity contribution >= 4 is 11.6 Å². The molecule has 0 amide bonds. The molecule has 2 nitrogen and oxygen atoms in total. The molecule has 1 heterocycles. The lowest BCUT2D eigenvalue weighted by molar-refractivity contribution is 0.158. The highest BCUT2D eigenvalue weighted by Crippen LogP contribution is 2.37. The lowest BCUT2D eigenvalue weighted by Crippen LogP contribution is -2.45. The van der Waals surface area contributed by atoms with Crippen molar-refractivity contribution in [1.82, 2.24) is 4.90 Å². The number of hydrogen-bond acceptors (Lipinski definition) is 2. The van der Waals surface area contributed by atoms with Crippen molar-refractivity contribution in [1.29, 1.82) is 0 Å². The predicted molar refractivity (Wildman–Crippen MR) is 73.6 cm³/mol. The quantitative estimate of drug-likeness (QED) is 0.915. The van der Waals surface area contributed by atoms with Crippen LogP contribution in [0.15, 0.2) is 24.3 Å². The molecule has 0 radical (unpaired) electrons. The third-order valence-corrected chi connectivity index (χ3v) is 3.51. The number of benzene rings is 1. The third kappa shape index (κ3) is 3.22. The van der Waals surface area contributed by atoms with Gasteiger partial charge in [-0.25, -0.2) is 4.39 Å². The number of nitrogens with zero attached hydrogens (tertiary/aromatic N) is 1. The molecular weight excluding hydrogens is 251 g/mol. The van der Waals surface area contributed by atoms with Crippen molar-refractivity contribution in [2.45, 2.75) is 31.5 Å². The molecule has 0 spiro atoms. The van der Waals surface area contributed by atoms with Gasteiger partial charge in [-0.15, -0.1) is 0 Å². The summed E-state index contributed by atoms with van der Waals surface area (Å²) in [6.07, 6.45) is 0.503. The fraction of sp³-hybridized carbons (Fsp3) is 0.571. The topological polar surface area (TPSA) is 29.3 Å². The lowest BCUT2D eigenvalue weighted by atomic mass is 9.95. The Labute approximate surface area is 113 Å². The number of rotatable bonds is 3. The SMILES string of the molecule is CC(C)(N)CN1CCC(F)(c2cccc(Cl)c2)C1. The summed E-state index contributed by atoms with van der Waals surface area (Å²) in [4.78, 5) is 2.08. The van der Waals surface area contributed by atoms with Gasteiger partial charge in [-0.2, -0.15) is 0 Å². The molecule has 0 bridgehead atoms. The van der Waals surface area contributed by atoms with Gasteiger partial charge in [-0.3, -0.25) is 4.90 Å². The number of hydrogen-bond donors (Lipinski definition) is 1. The molecule has 1 aromatic rings. The Morgan fingerprint density at radius 3 is 2.83 bits per heavy atom. The van der Waals surface area contributed by atoms with Crippen LogP contribution in [0.5, 0.6) is 0 Å². The highest BCUT2D eigenvalue weighted by Gasteiger charge is 2.40. The molecule has 0 saturated carbocycles. The summed E-state index contributed by atoms with van der Waals surface area (Å²) in [6, 6.07) is 7.10. The van der Waals surface area contributed by atoms with Crippen LogP contribution in [0.1, 0.15) is 25.8 Å². The van der Waals surface area contributed by atoms with E-state index in [2.05, 4.69) is 4.90 Å². The molecule has 0 aromatic heterocycles. The van der Waals surface area contributed by atoms with Gasteiger partial charge in [-0.1, -0.05) is 23.7 Å². The Bertz CT molecular complexity index is 430. The zero-order chi connectivity index (χ0) is 13.4. The van der Waals surface area contributed by atoms with Gasteiger partial charge in [0.05, 0.1) is 0 Å². The van der Waals surface area contributed by atoms with Gasteiger partial charge < -0.3 is 5.73 Å². The standard InChI is InChI=1S/C14H20ClFN2/c1-13(2,17)9-18-7-6-14(16,10-18)11-4-3-5-12(15)8-11/h3-5,8H,6-7,9-10,17H2,1-2H3. The first-order valence-corrected chi connectivity index (χ1v) is 6.63. The summed E-state index contributed by atoms with van der Waals surface area (Å²) in [5.74, 6) is 0. The molecule has 0 aliphatic carbocycles. The van der Waals surface area contributed by atoms with Gasteiger partial charge in [0.2, 0.25) is 0 Å². The zero-order valence-electron chi connectivity index (χ0n) is 10.9. The highest BCUT2D eigenvalue weighted by atomic mass is 35.5. The lowest BCUT2D eigenvalue weighted by Gasteiger charge is -2.27. The fourth-order valence-electron chi connectivity index (χ4n) is 2.56. The fourth-order valence-corrected chi connectivity index (χ4v) is 2.75. The molecular formula is C14H20ClFN2. The van der Waals surface area contributed by atoms with E-state index >= 15 is 0 Å². The van der Waals surface area contributed by atoms with Gasteiger partial charge in [0, 0.05) is 30.2 Å². The molecule has 2 rings (SSSR count). The maximum atomic E-state index is 14.9. The average Bonchev–Trinajstić information content (AvgIpc) is 2.59. The van der Waals surface area contributed by atoms with Crippen LogP contribution in [-0.4, -0.2) is 30.1 Å². The molecule has 1 aliphatic heterocycles. The Hall–Kier alpha value is -0.640.